The van der Waals surface area contributed by atoms with Crippen molar-refractivity contribution in [1.82, 2.24) is 15.5 Å². The van der Waals surface area contributed by atoms with Gasteiger partial charge in [0.25, 0.3) is 11.8 Å². The predicted octanol–water partition coefficient (Wildman–Crippen LogP) is 0.899. The Hall–Kier alpha value is -2.21. The maximum atomic E-state index is 11.9. The Morgan fingerprint density at radius 1 is 1.43 bits per heavy atom. The Labute approximate surface area is 135 Å². The first kappa shape index (κ1) is 15.7. The lowest BCUT2D eigenvalue weighted by Gasteiger charge is -2.18. The Bertz CT molecular complexity index is 693. The standard InChI is InChI=1S/C17H22N4O2/c1-11-5-4-6-13(9-11)17-20-19-16(23-17)12(2)21(3)10-15(22)18-14-7-8-14/h4-6,9,12,14H,7-8,10H2,1-3H3,(H,18,22)/p+1/t12-/m1/s1. The quantitative estimate of drug-likeness (QED) is 0.831. The summed E-state index contributed by atoms with van der Waals surface area (Å²) >= 11 is 0. The van der Waals surface area contributed by atoms with Crippen molar-refractivity contribution in [3.8, 4) is 11.5 Å². The van der Waals surface area contributed by atoms with Crippen LogP contribution in [0.15, 0.2) is 28.7 Å². The molecule has 23 heavy (non-hydrogen) atoms. The van der Waals surface area contributed by atoms with E-state index in [2.05, 4.69) is 15.5 Å². The van der Waals surface area contributed by atoms with E-state index in [0.29, 0.717) is 24.4 Å². The van der Waals surface area contributed by atoms with Crippen LogP contribution < -0.4 is 10.2 Å². The van der Waals surface area contributed by atoms with Crippen LogP contribution in [0.2, 0.25) is 0 Å². The van der Waals surface area contributed by atoms with Crippen LogP contribution in [0.25, 0.3) is 11.5 Å². The summed E-state index contributed by atoms with van der Waals surface area (Å²) in [4.78, 5) is 12.9. The van der Waals surface area contributed by atoms with Gasteiger partial charge in [-0.05, 0) is 38.8 Å². The van der Waals surface area contributed by atoms with Gasteiger partial charge in [-0.1, -0.05) is 17.7 Å². The summed E-state index contributed by atoms with van der Waals surface area (Å²) in [6.45, 7) is 4.42. The molecule has 1 aliphatic rings. The van der Waals surface area contributed by atoms with Crippen LogP contribution in [-0.2, 0) is 4.79 Å². The normalized spacial score (nSPS) is 16.8. The van der Waals surface area contributed by atoms with Crippen molar-refractivity contribution >= 4 is 5.91 Å². The van der Waals surface area contributed by atoms with Crippen molar-refractivity contribution in [3.05, 3.63) is 35.7 Å². The lowest BCUT2D eigenvalue weighted by atomic mass is 10.1. The van der Waals surface area contributed by atoms with Crippen molar-refractivity contribution < 1.29 is 14.1 Å². The number of quaternary nitrogens is 1. The van der Waals surface area contributed by atoms with Gasteiger partial charge in [0.15, 0.2) is 12.6 Å². The molecule has 6 heteroatoms. The molecule has 6 nitrogen and oxygen atoms in total. The highest BCUT2D eigenvalue weighted by Crippen LogP contribution is 2.20. The van der Waals surface area contributed by atoms with Gasteiger partial charge in [-0.15, -0.1) is 10.2 Å². The molecular weight excluding hydrogens is 292 g/mol. The number of benzene rings is 1. The molecule has 1 amide bonds. The summed E-state index contributed by atoms with van der Waals surface area (Å²) in [6, 6.07) is 8.32. The minimum atomic E-state index is -0.0361. The number of carbonyl (C=O) groups excluding carboxylic acids is 1. The molecule has 2 N–H and O–H groups in total. The van der Waals surface area contributed by atoms with Crippen LogP contribution in [0.1, 0.15) is 37.3 Å². The van der Waals surface area contributed by atoms with Crippen molar-refractivity contribution in [2.45, 2.75) is 38.8 Å². The Morgan fingerprint density at radius 3 is 2.91 bits per heavy atom. The van der Waals surface area contributed by atoms with Gasteiger partial charge in [-0.3, -0.25) is 4.79 Å². The van der Waals surface area contributed by atoms with Crippen molar-refractivity contribution in [2.24, 2.45) is 0 Å². The smallest absolute Gasteiger partial charge is 0.275 e. The molecule has 1 aromatic carbocycles. The molecule has 0 bridgehead atoms. The molecule has 1 unspecified atom stereocenters. The number of aromatic nitrogens is 2. The summed E-state index contributed by atoms with van der Waals surface area (Å²) < 4.78 is 5.81. The van der Waals surface area contributed by atoms with Crippen LogP contribution in [0.4, 0.5) is 0 Å². The summed E-state index contributed by atoms with van der Waals surface area (Å²) in [6.07, 6.45) is 2.20. The lowest BCUT2D eigenvalue weighted by Crippen LogP contribution is -3.10. The minimum Gasteiger partial charge on any atom is -0.415 e. The fraction of sp³-hybridized carbons (Fsp3) is 0.471. The van der Waals surface area contributed by atoms with E-state index in [1.165, 1.54) is 0 Å². The Morgan fingerprint density at radius 2 is 2.22 bits per heavy atom. The second kappa shape index (κ2) is 6.50. The first-order valence-corrected chi connectivity index (χ1v) is 8.05. The predicted molar refractivity (Wildman–Crippen MR) is 85.8 cm³/mol. The van der Waals surface area contributed by atoms with E-state index in [-0.39, 0.29) is 11.9 Å². The molecule has 122 valence electrons. The lowest BCUT2D eigenvalue weighted by molar-refractivity contribution is -0.903. The maximum absolute atomic E-state index is 11.9. The summed E-state index contributed by atoms with van der Waals surface area (Å²) in [5.41, 5.74) is 2.06. The number of nitrogens with zero attached hydrogens (tertiary/aromatic N) is 2. The average Bonchev–Trinajstić information content (AvgIpc) is 3.18. The zero-order chi connectivity index (χ0) is 16.4. The molecule has 1 heterocycles. The monoisotopic (exact) mass is 315 g/mol. The second-order valence-electron chi connectivity index (χ2n) is 6.40. The Kier molecular flexibility index (Phi) is 4.43. The number of carbonyl (C=O) groups is 1. The molecule has 1 aromatic heterocycles. The van der Waals surface area contributed by atoms with Gasteiger partial charge in [0, 0.05) is 11.6 Å². The Balaban J connectivity index is 1.65. The number of hydrogen-bond donors (Lipinski definition) is 2. The zero-order valence-electron chi connectivity index (χ0n) is 13.8. The number of amides is 1. The third kappa shape index (κ3) is 3.96. The average molecular weight is 315 g/mol. The SMILES string of the molecule is Cc1cccc(-c2nnc([C@@H](C)[NH+](C)CC(=O)NC3CC3)o2)c1. The van der Waals surface area contributed by atoms with Gasteiger partial charge in [0.05, 0.1) is 7.05 Å². The number of nitrogens with one attached hydrogen (secondary N) is 2. The van der Waals surface area contributed by atoms with E-state index in [0.717, 1.165) is 28.9 Å². The second-order valence-corrected chi connectivity index (χ2v) is 6.40. The molecule has 0 saturated heterocycles. The topological polar surface area (TPSA) is 72.5 Å². The fourth-order valence-corrected chi connectivity index (χ4v) is 2.43. The van der Waals surface area contributed by atoms with Crippen LogP contribution in [0, 0.1) is 6.92 Å². The number of rotatable bonds is 6. The molecule has 2 atom stereocenters. The third-order valence-electron chi connectivity index (χ3n) is 4.20. The number of likely N-dealkylation sites (N-methyl/N-ethyl adjacent to an activating group) is 1. The van der Waals surface area contributed by atoms with Crippen molar-refractivity contribution in [1.29, 1.82) is 0 Å². The highest BCUT2D eigenvalue weighted by Gasteiger charge is 2.28. The fourth-order valence-electron chi connectivity index (χ4n) is 2.43. The van der Waals surface area contributed by atoms with Gasteiger partial charge in [0.2, 0.25) is 5.89 Å². The van der Waals surface area contributed by atoms with Gasteiger partial charge in [-0.2, -0.15) is 0 Å². The first-order chi connectivity index (χ1) is 11.0. The highest BCUT2D eigenvalue weighted by molar-refractivity contribution is 5.77. The highest BCUT2D eigenvalue weighted by atomic mass is 16.4. The zero-order valence-corrected chi connectivity index (χ0v) is 13.8. The molecular formula is C17H23N4O2+. The number of hydrogen-bond acceptors (Lipinski definition) is 4. The van der Waals surface area contributed by atoms with E-state index in [1.54, 1.807) is 0 Å². The third-order valence-corrected chi connectivity index (χ3v) is 4.20. The molecule has 1 saturated carbocycles. The van der Waals surface area contributed by atoms with Crippen LogP contribution in [-0.4, -0.2) is 35.7 Å². The van der Waals surface area contributed by atoms with E-state index < -0.39 is 0 Å². The first-order valence-electron chi connectivity index (χ1n) is 8.05. The minimum absolute atomic E-state index is 0.0361. The maximum Gasteiger partial charge on any atom is 0.275 e. The van der Waals surface area contributed by atoms with Gasteiger partial charge >= 0.3 is 0 Å². The van der Waals surface area contributed by atoms with Gasteiger partial charge in [-0.25, -0.2) is 0 Å². The van der Waals surface area contributed by atoms with Crippen LogP contribution in [0.3, 0.4) is 0 Å². The largest absolute Gasteiger partial charge is 0.415 e. The summed E-state index contributed by atoms with van der Waals surface area (Å²) in [5, 5.41) is 11.3. The van der Waals surface area contributed by atoms with Gasteiger partial charge in [0.1, 0.15) is 0 Å². The van der Waals surface area contributed by atoms with E-state index >= 15 is 0 Å². The van der Waals surface area contributed by atoms with E-state index in [4.69, 9.17) is 4.42 Å². The van der Waals surface area contributed by atoms with Crippen molar-refractivity contribution in [3.63, 3.8) is 0 Å². The van der Waals surface area contributed by atoms with Crippen LogP contribution >= 0.6 is 0 Å². The molecule has 1 fully saturated rings. The molecule has 0 spiro atoms. The van der Waals surface area contributed by atoms with E-state index in [9.17, 15) is 4.79 Å². The molecule has 0 aliphatic heterocycles. The van der Waals surface area contributed by atoms with Crippen LogP contribution in [0.5, 0.6) is 0 Å². The van der Waals surface area contributed by atoms with E-state index in [1.807, 2.05) is 45.2 Å². The summed E-state index contributed by atoms with van der Waals surface area (Å²) in [5.74, 6) is 1.15. The molecule has 3 rings (SSSR count). The van der Waals surface area contributed by atoms with Gasteiger partial charge < -0.3 is 14.6 Å². The molecule has 1 aliphatic carbocycles. The molecule has 2 aromatic rings. The summed E-state index contributed by atoms with van der Waals surface area (Å²) in [7, 11) is 1.97. The number of aryl methyl sites for hydroxylation is 1. The van der Waals surface area contributed by atoms with Crippen molar-refractivity contribution in [2.75, 3.05) is 13.6 Å². The molecule has 0 radical (unpaired) electrons.